The van der Waals surface area contributed by atoms with E-state index in [4.69, 9.17) is 11.6 Å². The van der Waals surface area contributed by atoms with Crippen molar-refractivity contribution in [2.45, 2.75) is 19.9 Å². The van der Waals surface area contributed by atoms with Crippen LogP contribution in [0.25, 0.3) is 0 Å². The Morgan fingerprint density at radius 2 is 2.21 bits per heavy atom. The molecule has 0 aliphatic rings. The largest absolute Gasteiger partial charge is 0.357 e. The highest BCUT2D eigenvalue weighted by atomic mass is 35.5. The van der Waals surface area contributed by atoms with Gasteiger partial charge in [-0.05, 0) is 26.0 Å². The van der Waals surface area contributed by atoms with Gasteiger partial charge in [0.15, 0.2) is 0 Å². The Balaban J connectivity index is 2.28. The quantitative estimate of drug-likeness (QED) is 0.530. The molecule has 2 aromatic heterocycles. The molecule has 0 saturated heterocycles. The average Bonchev–Trinajstić information content (AvgIpc) is 2.75. The van der Waals surface area contributed by atoms with Gasteiger partial charge in [-0.15, -0.1) is 11.3 Å². The van der Waals surface area contributed by atoms with Crippen molar-refractivity contribution in [2.24, 2.45) is 0 Å². The van der Waals surface area contributed by atoms with Crippen molar-refractivity contribution >= 4 is 34.4 Å². The predicted molar refractivity (Wildman–Crippen MR) is 74.8 cm³/mol. The number of thiophene rings is 1. The number of halogens is 1. The van der Waals surface area contributed by atoms with Crippen LogP contribution < -0.4 is 5.32 Å². The van der Waals surface area contributed by atoms with E-state index in [2.05, 4.69) is 15.3 Å². The van der Waals surface area contributed by atoms with Gasteiger partial charge in [-0.3, -0.25) is 10.1 Å². The average molecular weight is 299 g/mol. The number of nitro groups is 1. The first kappa shape index (κ1) is 13.7. The molecule has 0 bridgehead atoms. The van der Waals surface area contributed by atoms with Gasteiger partial charge in [-0.1, -0.05) is 11.6 Å². The Morgan fingerprint density at radius 3 is 2.79 bits per heavy atom. The molecule has 0 spiro atoms. The van der Waals surface area contributed by atoms with Crippen molar-refractivity contribution in [1.29, 1.82) is 0 Å². The van der Waals surface area contributed by atoms with Crippen molar-refractivity contribution < 1.29 is 4.92 Å². The molecule has 2 rings (SSSR count). The van der Waals surface area contributed by atoms with Crippen LogP contribution >= 0.6 is 22.9 Å². The van der Waals surface area contributed by atoms with Crippen LogP contribution in [0.3, 0.4) is 0 Å². The van der Waals surface area contributed by atoms with Gasteiger partial charge in [0.05, 0.1) is 11.0 Å². The number of nitrogens with zero attached hydrogens (tertiary/aromatic N) is 3. The smallest absolute Gasteiger partial charge is 0.348 e. The van der Waals surface area contributed by atoms with E-state index >= 15 is 0 Å². The van der Waals surface area contributed by atoms with Crippen molar-refractivity contribution in [1.82, 2.24) is 9.97 Å². The third kappa shape index (κ3) is 2.99. The molecule has 0 aliphatic carbocycles. The topological polar surface area (TPSA) is 81.0 Å². The van der Waals surface area contributed by atoms with E-state index < -0.39 is 4.92 Å². The first-order chi connectivity index (χ1) is 8.99. The summed E-state index contributed by atoms with van der Waals surface area (Å²) in [6, 6.07) is 3.88. The minimum atomic E-state index is -0.586. The summed E-state index contributed by atoms with van der Waals surface area (Å²) in [5.41, 5.74) is -0.302. The fraction of sp³-hybridized carbons (Fsp3) is 0.273. The van der Waals surface area contributed by atoms with Crippen LogP contribution in [0.5, 0.6) is 0 Å². The van der Waals surface area contributed by atoms with Gasteiger partial charge < -0.3 is 5.32 Å². The van der Waals surface area contributed by atoms with Crippen LogP contribution in [0.4, 0.5) is 11.5 Å². The number of hydrogen-bond donors (Lipinski definition) is 1. The maximum absolute atomic E-state index is 11.0. The number of anilines is 1. The molecule has 0 saturated carbocycles. The molecule has 8 heteroatoms. The number of nitrogens with one attached hydrogen (secondary N) is 1. The molecule has 1 unspecified atom stereocenters. The number of aromatic nitrogens is 2. The van der Waals surface area contributed by atoms with Gasteiger partial charge in [0.1, 0.15) is 6.33 Å². The highest BCUT2D eigenvalue weighted by Gasteiger charge is 2.23. The van der Waals surface area contributed by atoms with Crippen LogP contribution in [-0.4, -0.2) is 14.9 Å². The summed E-state index contributed by atoms with van der Waals surface area (Å²) in [7, 11) is 0. The lowest BCUT2D eigenvalue weighted by Crippen LogP contribution is -2.09. The summed E-state index contributed by atoms with van der Waals surface area (Å²) in [5.74, 6) is 0.128. The summed E-state index contributed by atoms with van der Waals surface area (Å²) in [5, 5.41) is 13.8. The fourth-order valence-corrected chi connectivity index (χ4v) is 2.67. The highest BCUT2D eigenvalue weighted by molar-refractivity contribution is 7.12. The molecule has 1 atom stereocenters. The Labute approximate surface area is 118 Å². The molecule has 19 heavy (non-hydrogen) atoms. The molecule has 100 valence electrons. The zero-order chi connectivity index (χ0) is 14.0. The second-order valence-electron chi connectivity index (χ2n) is 3.93. The fourth-order valence-electron chi connectivity index (χ4n) is 1.59. The predicted octanol–water partition coefficient (Wildman–Crippen LogP) is 3.58. The van der Waals surface area contributed by atoms with E-state index in [1.54, 1.807) is 11.3 Å². The summed E-state index contributed by atoms with van der Waals surface area (Å²) in [6.45, 7) is 3.91. The molecular formula is C11H11ClN4O2S. The molecule has 1 N–H and O–H groups in total. The van der Waals surface area contributed by atoms with E-state index in [0.29, 0.717) is 0 Å². The third-order valence-corrected chi connectivity index (χ3v) is 3.96. The van der Waals surface area contributed by atoms with Gasteiger partial charge in [0, 0.05) is 9.75 Å². The zero-order valence-corrected chi connectivity index (χ0v) is 11.8. The van der Waals surface area contributed by atoms with Gasteiger partial charge >= 0.3 is 5.69 Å². The van der Waals surface area contributed by atoms with Gasteiger partial charge in [-0.2, -0.15) is 0 Å². The second kappa shape index (κ2) is 5.50. The van der Waals surface area contributed by atoms with Crippen LogP contribution in [0.2, 0.25) is 5.15 Å². The van der Waals surface area contributed by atoms with Gasteiger partial charge in [0.2, 0.25) is 11.0 Å². The summed E-state index contributed by atoms with van der Waals surface area (Å²) >= 11 is 7.35. The van der Waals surface area contributed by atoms with Crippen molar-refractivity contribution in [2.75, 3.05) is 5.32 Å². The zero-order valence-electron chi connectivity index (χ0n) is 10.3. The van der Waals surface area contributed by atoms with E-state index in [-0.39, 0.29) is 22.7 Å². The standard InChI is InChI=1S/C11H11ClN4O2S/c1-6-3-4-8(19-6)7(2)15-11-9(16(17)18)10(12)13-5-14-11/h3-5,7H,1-2H3,(H,13,14,15). The summed E-state index contributed by atoms with van der Waals surface area (Å²) in [6.07, 6.45) is 1.20. The maximum Gasteiger partial charge on any atom is 0.348 e. The molecule has 0 aromatic carbocycles. The molecule has 6 nitrogen and oxygen atoms in total. The van der Waals surface area contributed by atoms with Crippen molar-refractivity contribution in [3.63, 3.8) is 0 Å². The lowest BCUT2D eigenvalue weighted by Gasteiger charge is -2.12. The Kier molecular flexibility index (Phi) is 3.96. The second-order valence-corrected chi connectivity index (χ2v) is 5.61. The van der Waals surface area contributed by atoms with Gasteiger partial charge in [-0.25, -0.2) is 9.97 Å². The molecule has 2 heterocycles. The lowest BCUT2D eigenvalue weighted by molar-refractivity contribution is -0.384. The molecular weight excluding hydrogens is 288 g/mol. The van der Waals surface area contributed by atoms with Crippen LogP contribution in [0.1, 0.15) is 22.7 Å². The van der Waals surface area contributed by atoms with Crippen LogP contribution in [-0.2, 0) is 0 Å². The van der Waals surface area contributed by atoms with Gasteiger partial charge in [0.25, 0.3) is 0 Å². The SMILES string of the molecule is Cc1ccc(C(C)Nc2ncnc(Cl)c2[N+](=O)[O-])s1. The third-order valence-electron chi connectivity index (χ3n) is 2.50. The molecule has 0 amide bonds. The highest BCUT2D eigenvalue weighted by Crippen LogP contribution is 2.32. The van der Waals surface area contributed by atoms with Crippen LogP contribution in [0.15, 0.2) is 18.5 Å². The Bertz CT molecular complexity index is 616. The lowest BCUT2D eigenvalue weighted by atomic mass is 10.2. The number of rotatable bonds is 4. The number of hydrogen-bond acceptors (Lipinski definition) is 6. The molecule has 0 radical (unpaired) electrons. The Hall–Kier alpha value is -1.73. The molecule has 0 fully saturated rings. The molecule has 0 aliphatic heterocycles. The van der Waals surface area contributed by atoms with E-state index in [9.17, 15) is 10.1 Å². The van der Waals surface area contributed by atoms with E-state index in [1.807, 2.05) is 26.0 Å². The molecule has 2 aromatic rings. The number of aryl methyl sites for hydroxylation is 1. The minimum absolute atomic E-state index is 0.0941. The normalized spacial score (nSPS) is 12.2. The summed E-state index contributed by atoms with van der Waals surface area (Å²) in [4.78, 5) is 20.1. The maximum atomic E-state index is 11.0. The first-order valence-electron chi connectivity index (χ1n) is 5.46. The van der Waals surface area contributed by atoms with Crippen molar-refractivity contribution in [3.05, 3.63) is 43.5 Å². The monoisotopic (exact) mass is 298 g/mol. The van der Waals surface area contributed by atoms with E-state index in [1.165, 1.54) is 11.2 Å². The summed E-state index contributed by atoms with van der Waals surface area (Å²) < 4.78 is 0. The van der Waals surface area contributed by atoms with E-state index in [0.717, 1.165) is 4.88 Å². The van der Waals surface area contributed by atoms with Crippen LogP contribution in [0, 0.1) is 17.0 Å². The van der Waals surface area contributed by atoms with Crippen molar-refractivity contribution in [3.8, 4) is 0 Å². The Morgan fingerprint density at radius 1 is 1.47 bits per heavy atom. The first-order valence-corrected chi connectivity index (χ1v) is 6.66. The minimum Gasteiger partial charge on any atom is -0.357 e.